The summed E-state index contributed by atoms with van der Waals surface area (Å²) in [5.74, 6) is 0. The molecule has 0 amide bonds. The van der Waals surface area contributed by atoms with Crippen LogP contribution in [0.1, 0.15) is 22.3 Å². The number of anilines is 1. The Bertz CT molecular complexity index is 608. The zero-order valence-corrected chi connectivity index (χ0v) is 11.9. The van der Waals surface area contributed by atoms with Gasteiger partial charge in [0.2, 0.25) is 0 Å². The summed E-state index contributed by atoms with van der Waals surface area (Å²) in [4.78, 5) is 4.55. The van der Waals surface area contributed by atoms with Crippen LogP contribution in [0.2, 0.25) is 0 Å². The lowest BCUT2D eigenvalue weighted by Gasteiger charge is -2.13. The quantitative estimate of drug-likeness (QED) is 0.839. The minimum absolute atomic E-state index is 0.408. The van der Waals surface area contributed by atoms with Crippen LogP contribution in [0.25, 0.3) is 0 Å². The molecule has 0 atom stereocenters. The molecule has 2 aromatic rings. The Morgan fingerprint density at radius 2 is 2.11 bits per heavy atom. The first-order valence-electron chi connectivity index (χ1n) is 6.12. The van der Waals surface area contributed by atoms with Crippen molar-refractivity contribution in [3.63, 3.8) is 0 Å². The fraction of sp³-hybridized carbons (Fsp3) is 0.200. The van der Waals surface area contributed by atoms with Crippen molar-refractivity contribution in [3.8, 4) is 0 Å². The summed E-state index contributed by atoms with van der Waals surface area (Å²) in [5, 5.41) is 3.39. The summed E-state index contributed by atoms with van der Waals surface area (Å²) in [6.07, 6.45) is 3.67. The number of nitrogens with one attached hydrogen (secondary N) is 1. The molecule has 98 valence electrons. The SMILES string of the molecule is Cc1ccc(C(N)=S)c(NCc2cnccc2C)c1. The van der Waals surface area contributed by atoms with Crippen LogP contribution in [0.4, 0.5) is 5.69 Å². The second-order valence-corrected chi connectivity index (χ2v) is 5.01. The molecule has 19 heavy (non-hydrogen) atoms. The molecule has 3 N–H and O–H groups in total. The van der Waals surface area contributed by atoms with Crippen molar-refractivity contribution in [2.24, 2.45) is 5.73 Å². The maximum Gasteiger partial charge on any atom is 0.106 e. The molecular formula is C15H17N3S. The third-order valence-corrected chi connectivity index (χ3v) is 3.28. The Kier molecular flexibility index (Phi) is 4.12. The molecule has 0 saturated heterocycles. The number of pyridine rings is 1. The van der Waals surface area contributed by atoms with E-state index in [4.69, 9.17) is 18.0 Å². The first kappa shape index (κ1) is 13.5. The minimum atomic E-state index is 0.408. The number of rotatable bonds is 4. The van der Waals surface area contributed by atoms with Gasteiger partial charge < -0.3 is 11.1 Å². The largest absolute Gasteiger partial charge is 0.389 e. The van der Waals surface area contributed by atoms with Gasteiger partial charge in [-0.2, -0.15) is 0 Å². The highest BCUT2D eigenvalue weighted by Gasteiger charge is 2.06. The molecule has 0 unspecified atom stereocenters. The van der Waals surface area contributed by atoms with E-state index in [-0.39, 0.29) is 0 Å². The van der Waals surface area contributed by atoms with Gasteiger partial charge >= 0.3 is 0 Å². The zero-order chi connectivity index (χ0) is 13.8. The lowest BCUT2D eigenvalue weighted by atomic mass is 10.1. The number of nitrogens with two attached hydrogens (primary N) is 1. The third kappa shape index (κ3) is 3.29. The fourth-order valence-electron chi connectivity index (χ4n) is 1.89. The van der Waals surface area contributed by atoms with Crippen molar-refractivity contribution in [3.05, 3.63) is 58.9 Å². The molecule has 1 heterocycles. The number of benzene rings is 1. The van der Waals surface area contributed by atoms with Crippen LogP contribution in [0.15, 0.2) is 36.7 Å². The number of hydrogen-bond acceptors (Lipinski definition) is 3. The van der Waals surface area contributed by atoms with Crippen LogP contribution < -0.4 is 11.1 Å². The first-order valence-corrected chi connectivity index (χ1v) is 6.52. The first-order chi connectivity index (χ1) is 9.08. The van der Waals surface area contributed by atoms with E-state index in [2.05, 4.69) is 23.3 Å². The summed E-state index contributed by atoms with van der Waals surface area (Å²) < 4.78 is 0. The second-order valence-electron chi connectivity index (χ2n) is 4.57. The summed E-state index contributed by atoms with van der Waals surface area (Å²) >= 11 is 5.07. The zero-order valence-electron chi connectivity index (χ0n) is 11.1. The van der Waals surface area contributed by atoms with Crippen LogP contribution in [-0.4, -0.2) is 9.97 Å². The Labute approximate surface area is 118 Å². The van der Waals surface area contributed by atoms with E-state index in [1.165, 1.54) is 11.1 Å². The molecule has 0 aliphatic carbocycles. The van der Waals surface area contributed by atoms with Gasteiger partial charge in [0.05, 0.1) is 0 Å². The number of hydrogen-bond donors (Lipinski definition) is 2. The molecule has 1 aromatic heterocycles. The van der Waals surface area contributed by atoms with Gasteiger partial charge in [-0.3, -0.25) is 4.98 Å². The van der Waals surface area contributed by atoms with Gasteiger partial charge in [-0.05, 0) is 48.7 Å². The van der Waals surface area contributed by atoms with Crippen LogP contribution in [0.5, 0.6) is 0 Å². The highest BCUT2D eigenvalue weighted by Crippen LogP contribution is 2.19. The van der Waals surface area contributed by atoms with Gasteiger partial charge in [0.25, 0.3) is 0 Å². The van der Waals surface area contributed by atoms with Crippen molar-refractivity contribution < 1.29 is 0 Å². The van der Waals surface area contributed by atoms with E-state index in [1.807, 2.05) is 31.3 Å². The fourth-order valence-corrected chi connectivity index (χ4v) is 2.07. The number of aromatic nitrogens is 1. The number of aryl methyl sites for hydroxylation is 2. The summed E-state index contributed by atoms with van der Waals surface area (Å²) in [6.45, 7) is 4.83. The monoisotopic (exact) mass is 271 g/mol. The molecule has 0 fully saturated rings. The molecule has 2 rings (SSSR count). The maximum atomic E-state index is 5.74. The average Bonchev–Trinajstić information content (AvgIpc) is 2.37. The van der Waals surface area contributed by atoms with Crippen LogP contribution >= 0.6 is 12.2 Å². The Morgan fingerprint density at radius 3 is 2.79 bits per heavy atom. The molecule has 3 nitrogen and oxygen atoms in total. The molecular weight excluding hydrogens is 254 g/mol. The van der Waals surface area contributed by atoms with Crippen LogP contribution in [-0.2, 0) is 6.54 Å². The lowest BCUT2D eigenvalue weighted by molar-refractivity contribution is 1.08. The minimum Gasteiger partial charge on any atom is -0.389 e. The highest BCUT2D eigenvalue weighted by atomic mass is 32.1. The topological polar surface area (TPSA) is 50.9 Å². The van der Waals surface area contributed by atoms with Crippen molar-refractivity contribution >= 4 is 22.9 Å². The van der Waals surface area contributed by atoms with E-state index < -0.39 is 0 Å². The lowest BCUT2D eigenvalue weighted by Crippen LogP contribution is -2.13. The molecule has 0 spiro atoms. The third-order valence-electron chi connectivity index (χ3n) is 3.06. The number of thiocarbonyl (C=S) groups is 1. The molecule has 1 aromatic carbocycles. The highest BCUT2D eigenvalue weighted by molar-refractivity contribution is 7.80. The van der Waals surface area contributed by atoms with Gasteiger partial charge in [-0.25, -0.2) is 0 Å². The Balaban J connectivity index is 2.22. The Hall–Kier alpha value is -1.94. The van der Waals surface area contributed by atoms with Gasteiger partial charge in [-0.15, -0.1) is 0 Å². The number of nitrogens with zero attached hydrogens (tertiary/aromatic N) is 1. The van der Waals surface area contributed by atoms with Gasteiger partial charge in [0.15, 0.2) is 0 Å². The van der Waals surface area contributed by atoms with Gasteiger partial charge in [0, 0.05) is 30.2 Å². The van der Waals surface area contributed by atoms with Crippen molar-refractivity contribution in [2.45, 2.75) is 20.4 Å². The second kappa shape index (κ2) is 5.80. The molecule has 0 saturated carbocycles. The summed E-state index contributed by atoms with van der Waals surface area (Å²) in [5.41, 5.74) is 11.1. The normalized spacial score (nSPS) is 10.2. The predicted molar refractivity (Wildman–Crippen MR) is 83.4 cm³/mol. The van der Waals surface area contributed by atoms with Crippen LogP contribution in [0, 0.1) is 13.8 Å². The summed E-state index contributed by atoms with van der Waals surface area (Å²) in [7, 11) is 0. The van der Waals surface area contributed by atoms with Gasteiger partial charge in [-0.1, -0.05) is 18.3 Å². The molecule has 0 aliphatic rings. The standard InChI is InChI=1S/C15H17N3S/c1-10-3-4-13(15(16)19)14(7-10)18-9-12-8-17-6-5-11(12)2/h3-8,18H,9H2,1-2H3,(H2,16,19). The van der Waals surface area contributed by atoms with E-state index in [0.717, 1.165) is 16.8 Å². The molecule has 4 heteroatoms. The molecule has 0 bridgehead atoms. The summed E-state index contributed by atoms with van der Waals surface area (Å²) in [6, 6.07) is 8.02. The Morgan fingerprint density at radius 1 is 1.32 bits per heavy atom. The van der Waals surface area contributed by atoms with E-state index in [1.54, 1.807) is 6.20 Å². The van der Waals surface area contributed by atoms with Crippen molar-refractivity contribution in [2.75, 3.05) is 5.32 Å². The average molecular weight is 271 g/mol. The predicted octanol–water partition coefficient (Wildman–Crippen LogP) is 2.94. The van der Waals surface area contributed by atoms with E-state index in [9.17, 15) is 0 Å². The van der Waals surface area contributed by atoms with E-state index in [0.29, 0.717) is 11.5 Å². The maximum absolute atomic E-state index is 5.74. The molecule has 0 radical (unpaired) electrons. The van der Waals surface area contributed by atoms with Crippen molar-refractivity contribution in [1.29, 1.82) is 0 Å². The molecule has 0 aliphatic heterocycles. The van der Waals surface area contributed by atoms with E-state index >= 15 is 0 Å². The smallest absolute Gasteiger partial charge is 0.106 e. The van der Waals surface area contributed by atoms with Gasteiger partial charge in [0.1, 0.15) is 4.99 Å². The van der Waals surface area contributed by atoms with Crippen molar-refractivity contribution in [1.82, 2.24) is 4.98 Å². The van der Waals surface area contributed by atoms with Crippen LogP contribution in [0.3, 0.4) is 0 Å².